The Hall–Kier alpha value is -3.02. The highest BCUT2D eigenvalue weighted by molar-refractivity contribution is 5.88. The van der Waals surface area contributed by atoms with E-state index in [-0.39, 0.29) is 5.56 Å². The van der Waals surface area contributed by atoms with Crippen molar-refractivity contribution in [2.75, 3.05) is 0 Å². The molecule has 0 aliphatic heterocycles. The first-order valence-corrected chi connectivity index (χ1v) is 5.83. The number of pyridine rings is 1. The van der Waals surface area contributed by atoms with Gasteiger partial charge in [0.25, 0.3) is 5.89 Å². The number of rotatable bonds is 3. The first-order valence-electron chi connectivity index (χ1n) is 5.83. The minimum Gasteiger partial charge on any atom is -0.478 e. The maximum atomic E-state index is 10.8. The highest BCUT2D eigenvalue weighted by atomic mass is 16.5. The van der Waals surface area contributed by atoms with Crippen LogP contribution in [0.3, 0.4) is 0 Å². The van der Waals surface area contributed by atoms with Crippen LogP contribution in [0.5, 0.6) is 0 Å². The van der Waals surface area contributed by atoms with Gasteiger partial charge in [-0.25, -0.2) is 4.79 Å². The molecule has 0 aliphatic carbocycles. The molecule has 0 aliphatic rings. The van der Waals surface area contributed by atoms with Gasteiger partial charge in [-0.15, -0.1) is 0 Å². The van der Waals surface area contributed by atoms with E-state index in [1.54, 1.807) is 30.5 Å². The molecule has 2 aromatic heterocycles. The standard InChI is InChI=1S/C14H9N3O3/c18-14(19)10-6-4-9(5-7-10)12-16-13(20-17-12)11-3-1-2-8-15-11/h1-8H,(H,18,19). The molecule has 0 amide bonds. The monoisotopic (exact) mass is 267 g/mol. The lowest BCUT2D eigenvalue weighted by Crippen LogP contribution is -1.95. The Morgan fingerprint density at radius 3 is 2.55 bits per heavy atom. The molecule has 1 aromatic carbocycles. The van der Waals surface area contributed by atoms with Gasteiger partial charge in [-0.05, 0) is 24.3 Å². The van der Waals surface area contributed by atoms with Gasteiger partial charge in [-0.1, -0.05) is 23.4 Å². The molecule has 1 N–H and O–H groups in total. The lowest BCUT2D eigenvalue weighted by atomic mass is 10.1. The van der Waals surface area contributed by atoms with Crippen LogP contribution in [0.25, 0.3) is 23.0 Å². The first-order chi connectivity index (χ1) is 9.74. The molecule has 98 valence electrons. The molecule has 0 atom stereocenters. The van der Waals surface area contributed by atoms with Gasteiger partial charge in [-0.3, -0.25) is 4.98 Å². The second-order valence-corrected chi connectivity index (χ2v) is 4.02. The maximum absolute atomic E-state index is 10.8. The second kappa shape index (κ2) is 4.93. The third-order valence-corrected chi connectivity index (χ3v) is 2.70. The number of aromatic nitrogens is 3. The first kappa shape index (κ1) is 12.0. The van der Waals surface area contributed by atoms with Crippen molar-refractivity contribution in [1.82, 2.24) is 15.1 Å². The number of carbonyl (C=O) groups is 1. The zero-order chi connectivity index (χ0) is 13.9. The van der Waals surface area contributed by atoms with E-state index in [0.717, 1.165) is 0 Å². The number of hydrogen-bond acceptors (Lipinski definition) is 5. The molecule has 2 heterocycles. The largest absolute Gasteiger partial charge is 0.478 e. The van der Waals surface area contributed by atoms with Crippen molar-refractivity contribution in [3.8, 4) is 23.0 Å². The van der Waals surface area contributed by atoms with Crippen LogP contribution in [0.2, 0.25) is 0 Å². The van der Waals surface area contributed by atoms with Gasteiger partial charge in [0.05, 0.1) is 5.56 Å². The lowest BCUT2D eigenvalue weighted by Gasteiger charge is -1.95. The van der Waals surface area contributed by atoms with Gasteiger partial charge in [0.1, 0.15) is 5.69 Å². The summed E-state index contributed by atoms with van der Waals surface area (Å²) in [5, 5.41) is 12.7. The van der Waals surface area contributed by atoms with Crippen molar-refractivity contribution in [2.45, 2.75) is 0 Å². The molecule has 3 aromatic rings. The molecule has 6 heteroatoms. The quantitative estimate of drug-likeness (QED) is 0.784. The minimum atomic E-state index is -0.973. The Bertz CT molecular complexity index is 736. The van der Waals surface area contributed by atoms with Crippen LogP contribution >= 0.6 is 0 Å². The molecule has 0 radical (unpaired) electrons. The van der Waals surface area contributed by atoms with Crippen LogP contribution in [-0.2, 0) is 0 Å². The Balaban J connectivity index is 1.92. The average Bonchev–Trinajstić information content (AvgIpc) is 2.98. The Morgan fingerprint density at radius 2 is 1.90 bits per heavy atom. The van der Waals surface area contributed by atoms with Gasteiger partial charge in [0.15, 0.2) is 0 Å². The third kappa shape index (κ3) is 2.26. The number of hydrogen-bond donors (Lipinski definition) is 1. The molecule has 20 heavy (non-hydrogen) atoms. The normalized spacial score (nSPS) is 10.4. The molecule has 0 spiro atoms. The van der Waals surface area contributed by atoms with Crippen molar-refractivity contribution in [3.05, 3.63) is 54.2 Å². The van der Waals surface area contributed by atoms with E-state index in [1.165, 1.54) is 12.1 Å². The van der Waals surface area contributed by atoms with Crippen molar-refractivity contribution in [3.63, 3.8) is 0 Å². The summed E-state index contributed by atoms with van der Waals surface area (Å²) in [5.41, 5.74) is 1.48. The van der Waals surface area contributed by atoms with E-state index in [0.29, 0.717) is 23.0 Å². The lowest BCUT2D eigenvalue weighted by molar-refractivity contribution is 0.0697. The fraction of sp³-hybridized carbons (Fsp3) is 0. The van der Waals surface area contributed by atoms with E-state index in [4.69, 9.17) is 9.63 Å². The summed E-state index contributed by atoms with van der Waals surface area (Å²) in [5.74, 6) is -0.260. The number of benzene rings is 1. The summed E-state index contributed by atoms with van der Waals surface area (Å²) in [7, 11) is 0. The van der Waals surface area contributed by atoms with Crippen LogP contribution in [0.15, 0.2) is 53.2 Å². The highest BCUT2D eigenvalue weighted by Gasteiger charge is 2.11. The predicted octanol–water partition coefficient (Wildman–Crippen LogP) is 2.50. The summed E-state index contributed by atoms with van der Waals surface area (Å²) < 4.78 is 5.14. The molecule has 3 rings (SSSR count). The van der Waals surface area contributed by atoms with Gasteiger partial charge < -0.3 is 9.63 Å². The van der Waals surface area contributed by atoms with Crippen LogP contribution in [0, 0.1) is 0 Å². The zero-order valence-corrected chi connectivity index (χ0v) is 10.2. The van der Waals surface area contributed by atoms with Crippen LogP contribution in [0.1, 0.15) is 10.4 Å². The highest BCUT2D eigenvalue weighted by Crippen LogP contribution is 2.20. The average molecular weight is 267 g/mol. The molecular weight excluding hydrogens is 258 g/mol. The van der Waals surface area contributed by atoms with E-state index in [9.17, 15) is 4.79 Å². The smallest absolute Gasteiger partial charge is 0.335 e. The molecule has 0 saturated heterocycles. The van der Waals surface area contributed by atoms with Crippen molar-refractivity contribution in [2.24, 2.45) is 0 Å². The van der Waals surface area contributed by atoms with Crippen LogP contribution in [-0.4, -0.2) is 26.2 Å². The van der Waals surface area contributed by atoms with Crippen molar-refractivity contribution in [1.29, 1.82) is 0 Å². The van der Waals surface area contributed by atoms with Crippen molar-refractivity contribution < 1.29 is 14.4 Å². The summed E-state index contributed by atoms with van der Waals surface area (Å²) >= 11 is 0. The van der Waals surface area contributed by atoms with Gasteiger partial charge in [0, 0.05) is 11.8 Å². The van der Waals surface area contributed by atoms with E-state index < -0.39 is 5.97 Å². The Kier molecular flexibility index (Phi) is 2.96. The fourth-order valence-corrected chi connectivity index (χ4v) is 1.70. The fourth-order valence-electron chi connectivity index (χ4n) is 1.70. The summed E-state index contributed by atoms with van der Waals surface area (Å²) in [4.78, 5) is 19.1. The third-order valence-electron chi connectivity index (χ3n) is 2.70. The Labute approximate surface area is 113 Å². The van der Waals surface area contributed by atoms with E-state index >= 15 is 0 Å². The minimum absolute atomic E-state index is 0.210. The number of carboxylic acids is 1. The topological polar surface area (TPSA) is 89.1 Å². The molecule has 6 nitrogen and oxygen atoms in total. The zero-order valence-electron chi connectivity index (χ0n) is 10.2. The summed E-state index contributed by atoms with van der Waals surface area (Å²) in [6.45, 7) is 0. The number of nitrogens with zero attached hydrogens (tertiary/aromatic N) is 3. The van der Waals surface area contributed by atoms with Crippen LogP contribution < -0.4 is 0 Å². The van der Waals surface area contributed by atoms with E-state index in [1.807, 2.05) is 6.07 Å². The predicted molar refractivity (Wildman–Crippen MR) is 69.9 cm³/mol. The molecule has 0 unspecified atom stereocenters. The maximum Gasteiger partial charge on any atom is 0.335 e. The van der Waals surface area contributed by atoms with Gasteiger partial charge >= 0.3 is 5.97 Å². The van der Waals surface area contributed by atoms with Gasteiger partial charge in [0.2, 0.25) is 5.82 Å². The molecule has 0 bridgehead atoms. The number of carboxylic acid groups (broad SMARTS) is 1. The second-order valence-electron chi connectivity index (χ2n) is 4.02. The summed E-state index contributed by atoms with van der Waals surface area (Å²) in [6.07, 6.45) is 1.64. The number of aromatic carboxylic acids is 1. The van der Waals surface area contributed by atoms with E-state index in [2.05, 4.69) is 15.1 Å². The molecule has 0 saturated carbocycles. The van der Waals surface area contributed by atoms with Crippen molar-refractivity contribution >= 4 is 5.97 Å². The SMILES string of the molecule is O=C(O)c1ccc(-c2noc(-c3ccccn3)n2)cc1. The van der Waals surface area contributed by atoms with Crippen LogP contribution in [0.4, 0.5) is 0 Å². The van der Waals surface area contributed by atoms with Gasteiger partial charge in [-0.2, -0.15) is 4.98 Å². The Morgan fingerprint density at radius 1 is 1.10 bits per heavy atom. The molecule has 0 fully saturated rings. The summed E-state index contributed by atoms with van der Waals surface area (Å²) in [6, 6.07) is 11.7. The molecular formula is C14H9N3O3.